The van der Waals surface area contributed by atoms with Gasteiger partial charge in [0.1, 0.15) is 0 Å². The Morgan fingerprint density at radius 2 is 2.10 bits per heavy atom. The zero-order chi connectivity index (χ0) is 14.7. The van der Waals surface area contributed by atoms with Gasteiger partial charge in [0.2, 0.25) is 5.91 Å². The molecule has 1 N–H and O–H groups in total. The van der Waals surface area contributed by atoms with Crippen molar-refractivity contribution in [3.63, 3.8) is 0 Å². The molecular formula is C16H30N2O2. The molecule has 2 fully saturated rings. The molecule has 2 saturated heterocycles. The van der Waals surface area contributed by atoms with Crippen molar-refractivity contribution >= 4 is 5.91 Å². The van der Waals surface area contributed by atoms with Crippen LogP contribution >= 0.6 is 0 Å². The third-order valence-electron chi connectivity index (χ3n) is 4.46. The van der Waals surface area contributed by atoms with Crippen molar-refractivity contribution in [2.45, 2.75) is 59.2 Å². The van der Waals surface area contributed by atoms with Gasteiger partial charge in [0.15, 0.2) is 0 Å². The molecule has 2 aliphatic rings. The van der Waals surface area contributed by atoms with Crippen LogP contribution in [0.4, 0.5) is 0 Å². The van der Waals surface area contributed by atoms with Crippen LogP contribution in [0.2, 0.25) is 0 Å². The lowest BCUT2D eigenvalue weighted by Gasteiger charge is -2.26. The molecule has 3 atom stereocenters. The summed E-state index contributed by atoms with van der Waals surface area (Å²) in [5, 5.41) is 3.54. The molecular weight excluding hydrogens is 252 g/mol. The van der Waals surface area contributed by atoms with Gasteiger partial charge in [-0.05, 0) is 37.0 Å². The first kappa shape index (κ1) is 15.8. The number of hydrogen-bond acceptors (Lipinski definition) is 3. The minimum Gasteiger partial charge on any atom is -0.381 e. The van der Waals surface area contributed by atoms with Crippen LogP contribution in [0.5, 0.6) is 0 Å². The SMILES string of the molecule is CC(C)CC1NC(C(C)C)C(=O)N1CCC1CCOC1. The van der Waals surface area contributed by atoms with E-state index in [-0.39, 0.29) is 12.2 Å². The van der Waals surface area contributed by atoms with Crippen LogP contribution in [0.3, 0.4) is 0 Å². The van der Waals surface area contributed by atoms with E-state index in [0.717, 1.165) is 39.0 Å². The number of amides is 1. The summed E-state index contributed by atoms with van der Waals surface area (Å²) in [7, 11) is 0. The van der Waals surface area contributed by atoms with E-state index < -0.39 is 0 Å². The minimum atomic E-state index is -0.00132. The Balaban J connectivity index is 1.95. The van der Waals surface area contributed by atoms with Crippen LogP contribution in [0.15, 0.2) is 0 Å². The van der Waals surface area contributed by atoms with Crippen molar-refractivity contribution in [3.05, 3.63) is 0 Å². The number of nitrogens with zero attached hydrogens (tertiary/aromatic N) is 1. The lowest BCUT2D eigenvalue weighted by molar-refractivity contribution is -0.131. The molecule has 3 unspecified atom stereocenters. The maximum absolute atomic E-state index is 12.6. The molecule has 2 rings (SSSR count). The summed E-state index contributed by atoms with van der Waals surface area (Å²) in [5.41, 5.74) is 0. The lowest BCUT2D eigenvalue weighted by Crippen LogP contribution is -2.39. The monoisotopic (exact) mass is 282 g/mol. The molecule has 2 aliphatic heterocycles. The average Bonchev–Trinajstić information content (AvgIpc) is 2.95. The summed E-state index contributed by atoms with van der Waals surface area (Å²) in [6.07, 6.45) is 3.48. The first-order valence-corrected chi connectivity index (χ1v) is 8.13. The zero-order valence-electron chi connectivity index (χ0n) is 13.4. The van der Waals surface area contributed by atoms with E-state index in [9.17, 15) is 4.79 Å². The number of nitrogens with one attached hydrogen (secondary N) is 1. The molecule has 2 heterocycles. The van der Waals surface area contributed by atoms with Gasteiger partial charge >= 0.3 is 0 Å². The third kappa shape index (κ3) is 3.73. The Morgan fingerprint density at radius 3 is 2.65 bits per heavy atom. The van der Waals surface area contributed by atoms with Crippen LogP contribution in [-0.4, -0.2) is 42.8 Å². The molecule has 0 radical (unpaired) electrons. The van der Waals surface area contributed by atoms with E-state index in [4.69, 9.17) is 4.74 Å². The molecule has 0 saturated carbocycles. The van der Waals surface area contributed by atoms with E-state index >= 15 is 0 Å². The summed E-state index contributed by atoms with van der Waals surface area (Å²) in [4.78, 5) is 14.7. The molecule has 1 amide bonds. The van der Waals surface area contributed by atoms with Gasteiger partial charge in [-0.3, -0.25) is 10.1 Å². The molecule has 4 heteroatoms. The van der Waals surface area contributed by atoms with Gasteiger partial charge in [-0.2, -0.15) is 0 Å². The zero-order valence-corrected chi connectivity index (χ0v) is 13.4. The van der Waals surface area contributed by atoms with Gasteiger partial charge in [0.25, 0.3) is 0 Å². The Bertz CT molecular complexity index is 324. The number of carbonyl (C=O) groups excluding carboxylic acids is 1. The number of hydrogen-bond donors (Lipinski definition) is 1. The Kier molecular flexibility index (Phi) is 5.44. The summed E-state index contributed by atoms with van der Waals surface area (Å²) in [5.74, 6) is 1.89. The van der Waals surface area contributed by atoms with Crippen LogP contribution in [0.1, 0.15) is 47.0 Å². The molecule has 4 nitrogen and oxygen atoms in total. The summed E-state index contributed by atoms with van der Waals surface area (Å²) in [6, 6.07) is -0.00132. The van der Waals surface area contributed by atoms with Crippen LogP contribution < -0.4 is 5.32 Å². The number of ether oxygens (including phenoxy) is 1. The molecule has 0 aromatic rings. The van der Waals surface area contributed by atoms with Crippen molar-refractivity contribution in [1.82, 2.24) is 10.2 Å². The highest BCUT2D eigenvalue weighted by Crippen LogP contribution is 2.24. The maximum atomic E-state index is 12.6. The van der Waals surface area contributed by atoms with Crippen molar-refractivity contribution in [2.24, 2.45) is 17.8 Å². The summed E-state index contributed by atoms with van der Waals surface area (Å²) >= 11 is 0. The Morgan fingerprint density at radius 1 is 1.35 bits per heavy atom. The smallest absolute Gasteiger partial charge is 0.241 e. The Hall–Kier alpha value is -0.610. The number of rotatable bonds is 6. The summed E-state index contributed by atoms with van der Waals surface area (Å²) < 4.78 is 5.43. The maximum Gasteiger partial charge on any atom is 0.241 e. The predicted octanol–water partition coefficient (Wildman–Crippen LogP) is 2.24. The quantitative estimate of drug-likeness (QED) is 0.812. The third-order valence-corrected chi connectivity index (χ3v) is 4.46. The van der Waals surface area contributed by atoms with Gasteiger partial charge in [-0.25, -0.2) is 0 Å². The van der Waals surface area contributed by atoms with Crippen molar-refractivity contribution in [3.8, 4) is 0 Å². The van der Waals surface area contributed by atoms with E-state index in [1.54, 1.807) is 0 Å². The molecule has 116 valence electrons. The van der Waals surface area contributed by atoms with Gasteiger partial charge < -0.3 is 9.64 Å². The number of carbonyl (C=O) groups is 1. The van der Waals surface area contributed by atoms with Gasteiger partial charge in [0, 0.05) is 19.8 Å². The Labute approximate surface area is 123 Å². The molecule has 0 spiro atoms. The lowest BCUT2D eigenvalue weighted by atomic mass is 10.0. The van der Waals surface area contributed by atoms with Crippen LogP contribution in [0.25, 0.3) is 0 Å². The molecule has 0 aromatic carbocycles. The van der Waals surface area contributed by atoms with Crippen LogP contribution in [0, 0.1) is 17.8 Å². The second-order valence-corrected chi connectivity index (χ2v) is 7.08. The minimum absolute atomic E-state index is 0.00132. The van der Waals surface area contributed by atoms with Crippen molar-refractivity contribution < 1.29 is 9.53 Å². The highest BCUT2D eigenvalue weighted by Gasteiger charge is 2.40. The first-order valence-electron chi connectivity index (χ1n) is 8.13. The first-order chi connectivity index (χ1) is 9.49. The topological polar surface area (TPSA) is 41.6 Å². The highest BCUT2D eigenvalue weighted by atomic mass is 16.5. The predicted molar refractivity (Wildman–Crippen MR) is 80.3 cm³/mol. The molecule has 0 bridgehead atoms. The van der Waals surface area contributed by atoms with E-state index in [1.807, 2.05) is 0 Å². The van der Waals surface area contributed by atoms with E-state index in [0.29, 0.717) is 23.7 Å². The summed E-state index contributed by atoms with van der Waals surface area (Å²) in [6.45, 7) is 11.3. The van der Waals surface area contributed by atoms with Gasteiger partial charge in [-0.15, -0.1) is 0 Å². The normalized spacial score (nSPS) is 31.0. The van der Waals surface area contributed by atoms with E-state index in [1.165, 1.54) is 0 Å². The second kappa shape index (κ2) is 6.90. The highest BCUT2D eigenvalue weighted by molar-refractivity contribution is 5.84. The van der Waals surface area contributed by atoms with Crippen molar-refractivity contribution in [1.29, 1.82) is 0 Å². The van der Waals surface area contributed by atoms with Gasteiger partial charge in [-0.1, -0.05) is 27.7 Å². The standard InChI is InChI=1S/C16H30N2O2/c1-11(2)9-14-17-15(12(3)4)16(19)18(14)7-5-13-6-8-20-10-13/h11-15,17H,5-10H2,1-4H3. The van der Waals surface area contributed by atoms with Gasteiger partial charge in [0.05, 0.1) is 12.2 Å². The van der Waals surface area contributed by atoms with Crippen LogP contribution in [-0.2, 0) is 9.53 Å². The molecule has 0 aliphatic carbocycles. The average molecular weight is 282 g/mol. The fourth-order valence-corrected chi connectivity index (χ4v) is 3.22. The molecule has 0 aromatic heterocycles. The fraction of sp³-hybridized carbons (Fsp3) is 0.938. The van der Waals surface area contributed by atoms with E-state index in [2.05, 4.69) is 37.9 Å². The fourth-order valence-electron chi connectivity index (χ4n) is 3.22. The van der Waals surface area contributed by atoms with Crippen molar-refractivity contribution in [2.75, 3.05) is 19.8 Å². The second-order valence-electron chi connectivity index (χ2n) is 7.08. The molecule has 20 heavy (non-hydrogen) atoms. The largest absolute Gasteiger partial charge is 0.381 e.